The van der Waals surface area contributed by atoms with Crippen LogP contribution in [-0.4, -0.2) is 38.6 Å². The topological polar surface area (TPSA) is 49.4 Å². The summed E-state index contributed by atoms with van der Waals surface area (Å²) in [5.41, 5.74) is 2.65. The molecule has 0 saturated carbocycles. The van der Waals surface area contributed by atoms with E-state index in [1.165, 1.54) is 17.5 Å². The largest absolute Gasteiger partial charge is 0.384 e. The average Bonchev–Trinajstić information content (AvgIpc) is 2.82. The molecule has 0 spiro atoms. The van der Waals surface area contributed by atoms with Crippen molar-refractivity contribution in [2.24, 2.45) is 5.92 Å². The van der Waals surface area contributed by atoms with Gasteiger partial charge < -0.3 is 5.32 Å². The number of nitrogens with one attached hydrogen (secondary N) is 1. The van der Waals surface area contributed by atoms with Crippen LogP contribution in [0.25, 0.3) is 0 Å². The summed E-state index contributed by atoms with van der Waals surface area (Å²) in [6.07, 6.45) is 3.24. The molecule has 3 rings (SSSR count). The number of piperidine rings is 1. The summed E-state index contributed by atoms with van der Waals surface area (Å²) in [6.45, 7) is 2.33. The predicted molar refractivity (Wildman–Crippen MR) is 76.8 cm³/mol. The number of rotatable bonds is 2. The number of hydrogen-bond donors (Lipinski definition) is 1. The number of anilines is 1. The summed E-state index contributed by atoms with van der Waals surface area (Å²) in [5.74, 6) is 1.13. The molecule has 1 aromatic carbocycles. The minimum Gasteiger partial charge on any atom is -0.384 e. The summed E-state index contributed by atoms with van der Waals surface area (Å²) >= 11 is 0. The number of para-hydroxylation sites is 1. The van der Waals surface area contributed by atoms with E-state index in [2.05, 4.69) is 29.6 Å². The van der Waals surface area contributed by atoms with Gasteiger partial charge in [0.1, 0.15) is 0 Å². The third-order valence-electron chi connectivity index (χ3n) is 4.41. The Morgan fingerprint density at radius 2 is 1.89 bits per heavy atom. The molecule has 1 atom stereocenters. The van der Waals surface area contributed by atoms with Crippen molar-refractivity contribution in [1.29, 1.82) is 0 Å². The maximum Gasteiger partial charge on any atom is 0.211 e. The molecule has 0 aromatic heterocycles. The Morgan fingerprint density at radius 1 is 1.21 bits per heavy atom. The second kappa shape index (κ2) is 4.80. The lowest BCUT2D eigenvalue weighted by Gasteiger charge is -2.33. The van der Waals surface area contributed by atoms with Gasteiger partial charge in [-0.15, -0.1) is 0 Å². The summed E-state index contributed by atoms with van der Waals surface area (Å²) in [7, 11) is -3.02. The quantitative estimate of drug-likeness (QED) is 0.899. The Morgan fingerprint density at radius 3 is 2.58 bits per heavy atom. The second-order valence-corrected chi connectivity index (χ2v) is 7.56. The molecule has 0 amide bonds. The Bertz CT molecular complexity index is 563. The molecule has 5 heteroatoms. The molecule has 0 radical (unpaired) electrons. The zero-order valence-electron chi connectivity index (χ0n) is 11.2. The van der Waals surface area contributed by atoms with Crippen LogP contribution in [0.4, 0.5) is 5.69 Å². The van der Waals surface area contributed by atoms with Gasteiger partial charge in [0, 0.05) is 31.2 Å². The van der Waals surface area contributed by atoms with Crippen molar-refractivity contribution in [3.63, 3.8) is 0 Å². The predicted octanol–water partition coefficient (Wildman–Crippen LogP) is 1.87. The van der Waals surface area contributed by atoms with Gasteiger partial charge >= 0.3 is 0 Å². The van der Waals surface area contributed by atoms with Crippen molar-refractivity contribution >= 4 is 15.7 Å². The lowest BCUT2D eigenvalue weighted by atomic mass is 9.82. The standard InChI is InChI=1S/C14H20N2O2S/c1-19(17,18)16-8-6-11(7-9-16)13-10-15-14-5-3-2-4-12(13)14/h2-5,11,13,15H,6-10H2,1H3. The molecule has 1 N–H and O–H groups in total. The van der Waals surface area contributed by atoms with Gasteiger partial charge in [0.25, 0.3) is 0 Å². The Hall–Kier alpha value is -1.07. The second-order valence-electron chi connectivity index (χ2n) is 5.57. The molecule has 1 aromatic rings. The van der Waals surface area contributed by atoms with Crippen LogP contribution in [-0.2, 0) is 10.0 Å². The molecule has 2 heterocycles. The van der Waals surface area contributed by atoms with Crippen LogP contribution in [0, 0.1) is 5.92 Å². The molecule has 1 fully saturated rings. The van der Waals surface area contributed by atoms with E-state index in [-0.39, 0.29) is 0 Å². The van der Waals surface area contributed by atoms with E-state index < -0.39 is 10.0 Å². The van der Waals surface area contributed by atoms with Crippen LogP contribution in [0.1, 0.15) is 24.3 Å². The zero-order valence-corrected chi connectivity index (χ0v) is 12.0. The van der Waals surface area contributed by atoms with Crippen LogP contribution in [0.5, 0.6) is 0 Å². The molecule has 0 bridgehead atoms. The summed E-state index contributed by atoms with van der Waals surface area (Å²) in [4.78, 5) is 0. The van der Waals surface area contributed by atoms with Crippen molar-refractivity contribution in [1.82, 2.24) is 4.31 Å². The Labute approximate surface area is 114 Å². The lowest BCUT2D eigenvalue weighted by Crippen LogP contribution is -2.39. The molecular formula is C14H20N2O2S. The first-order chi connectivity index (χ1) is 9.05. The monoisotopic (exact) mass is 280 g/mol. The fourth-order valence-electron chi connectivity index (χ4n) is 3.34. The van der Waals surface area contributed by atoms with Gasteiger partial charge in [-0.25, -0.2) is 12.7 Å². The maximum atomic E-state index is 11.5. The van der Waals surface area contributed by atoms with Crippen molar-refractivity contribution < 1.29 is 8.42 Å². The number of sulfonamides is 1. The Kier molecular flexibility index (Phi) is 3.27. The fraction of sp³-hybridized carbons (Fsp3) is 0.571. The minimum absolute atomic E-state index is 0.540. The van der Waals surface area contributed by atoms with E-state index in [0.717, 1.165) is 19.4 Å². The van der Waals surface area contributed by atoms with Crippen molar-refractivity contribution in [2.45, 2.75) is 18.8 Å². The van der Waals surface area contributed by atoms with E-state index in [1.807, 2.05) is 0 Å². The third kappa shape index (κ3) is 2.49. The highest BCUT2D eigenvalue weighted by Crippen LogP contribution is 2.40. The fourth-order valence-corrected chi connectivity index (χ4v) is 4.22. The van der Waals surface area contributed by atoms with Gasteiger partial charge in [0.05, 0.1) is 6.26 Å². The molecule has 2 aliphatic heterocycles. The van der Waals surface area contributed by atoms with Crippen molar-refractivity contribution in [2.75, 3.05) is 31.2 Å². The van der Waals surface area contributed by atoms with Crippen LogP contribution in [0.15, 0.2) is 24.3 Å². The number of fused-ring (bicyclic) bond motifs is 1. The van der Waals surface area contributed by atoms with E-state index in [9.17, 15) is 8.42 Å². The zero-order chi connectivity index (χ0) is 13.5. The summed E-state index contributed by atoms with van der Waals surface area (Å²) in [5, 5.41) is 3.46. The molecule has 0 aliphatic carbocycles. The molecule has 19 heavy (non-hydrogen) atoms. The summed E-state index contributed by atoms with van der Waals surface area (Å²) in [6, 6.07) is 8.47. The van der Waals surface area contributed by atoms with Crippen LogP contribution in [0.3, 0.4) is 0 Å². The number of hydrogen-bond acceptors (Lipinski definition) is 3. The molecule has 1 unspecified atom stereocenters. The van der Waals surface area contributed by atoms with Crippen LogP contribution in [0.2, 0.25) is 0 Å². The normalized spacial score (nSPS) is 25.0. The Balaban J connectivity index is 1.71. The highest BCUT2D eigenvalue weighted by Gasteiger charge is 2.33. The van der Waals surface area contributed by atoms with Gasteiger partial charge in [-0.2, -0.15) is 0 Å². The van der Waals surface area contributed by atoms with Gasteiger partial charge in [-0.05, 0) is 30.4 Å². The maximum absolute atomic E-state index is 11.5. The number of benzene rings is 1. The highest BCUT2D eigenvalue weighted by atomic mass is 32.2. The lowest BCUT2D eigenvalue weighted by molar-refractivity contribution is 0.251. The minimum atomic E-state index is -3.02. The first-order valence-electron chi connectivity index (χ1n) is 6.83. The van der Waals surface area contributed by atoms with Crippen molar-refractivity contribution in [3.05, 3.63) is 29.8 Å². The molecule has 104 valence electrons. The molecule has 1 saturated heterocycles. The molecule has 2 aliphatic rings. The first kappa shape index (κ1) is 12.9. The van der Waals surface area contributed by atoms with Crippen molar-refractivity contribution in [3.8, 4) is 0 Å². The van der Waals surface area contributed by atoms with Crippen LogP contribution >= 0.6 is 0 Å². The average molecular weight is 280 g/mol. The van der Waals surface area contributed by atoms with Gasteiger partial charge in [0.15, 0.2) is 0 Å². The smallest absolute Gasteiger partial charge is 0.211 e. The molecular weight excluding hydrogens is 260 g/mol. The number of nitrogens with zero attached hydrogens (tertiary/aromatic N) is 1. The molecule has 4 nitrogen and oxygen atoms in total. The van der Waals surface area contributed by atoms with Gasteiger partial charge in [-0.1, -0.05) is 18.2 Å². The SMILES string of the molecule is CS(=O)(=O)N1CCC(C2CNc3ccccc32)CC1. The van der Waals surface area contributed by atoms with E-state index in [1.54, 1.807) is 4.31 Å². The van der Waals surface area contributed by atoms with Crippen LogP contribution < -0.4 is 5.32 Å². The van der Waals surface area contributed by atoms with E-state index in [0.29, 0.717) is 24.9 Å². The highest BCUT2D eigenvalue weighted by molar-refractivity contribution is 7.88. The van der Waals surface area contributed by atoms with E-state index >= 15 is 0 Å². The summed E-state index contributed by atoms with van der Waals surface area (Å²) < 4.78 is 24.7. The van der Waals surface area contributed by atoms with E-state index in [4.69, 9.17) is 0 Å². The third-order valence-corrected chi connectivity index (χ3v) is 5.71. The van der Waals surface area contributed by atoms with Gasteiger partial charge in [0.2, 0.25) is 10.0 Å². The van der Waals surface area contributed by atoms with Gasteiger partial charge in [-0.3, -0.25) is 0 Å². The first-order valence-corrected chi connectivity index (χ1v) is 8.68.